The van der Waals surface area contributed by atoms with E-state index in [2.05, 4.69) is 36.4 Å². The van der Waals surface area contributed by atoms with Gasteiger partial charge in [-0.25, -0.2) is 4.98 Å². The number of aromatic nitrogens is 4. The van der Waals surface area contributed by atoms with Crippen LogP contribution in [0.15, 0.2) is 18.3 Å². The Balaban J connectivity index is 1.30. The van der Waals surface area contributed by atoms with Crippen LogP contribution in [0.4, 0.5) is 11.8 Å². The zero-order valence-electron chi connectivity index (χ0n) is 13.2. The number of ether oxygens (including phenoxy) is 1. The summed E-state index contributed by atoms with van der Waals surface area (Å²) in [6.07, 6.45) is 5.13. The van der Waals surface area contributed by atoms with Crippen molar-refractivity contribution >= 4 is 11.8 Å². The van der Waals surface area contributed by atoms with Crippen LogP contribution in [0.2, 0.25) is 0 Å². The second-order valence-corrected chi connectivity index (χ2v) is 6.10. The number of anilines is 2. The van der Waals surface area contributed by atoms with Gasteiger partial charge in [-0.15, -0.1) is 5.10 Å². The quantitative estimate of drug-likeness (QED) is 0.892. The van der Waals surface area contributed by atoms with E-state index in [1.807, 2.05) is 0 Å². The molecule has 23 heavy (non-hydrogen) atoms. The third kappa shape index (κ3) is 2.91. The zero-order chi connectivity index (χ0) is 15.6. The van der Waals surface area contributed by atoms with Crippen LogP contribution in [0, 0.1) is 5.92 Å². The van der Waals surface area contributed by atoms with Crippen LogP contribution >= 0.6 is 0 Å². The summed E-state index contributed by atoms with van der Waals surface area (Å²) in [5, 5.41) is 12.0. The van der Waals surface area contributed by atoms with Crippen molar-refractivity contribution in [2.45, 2.75) is 19.3 Å². The number of nitrogens with zero attached hydrogens (tertiary/aromatic N) is 5. The maximum absolute atomic E-state index is 5.10. The van der Waals surface area contributed by atoms with Crippen LogP contribution in [0.5, 0.6) is 5.88 Å². The summed E-state index contributed by atoms with van der Waals surface area (Å²) in [6.45, 7) is 2.83. The monoisotopic (exact) mass is 312 g/mol. The highest BCUT2D eigenvalue weighted by Crippen LogP contribution is 2.27. The molecule has 0 atom stereocenters. The van der Waals surface area contributed by atoms with E-state index < -0.39 is 0 Å². The fraction of sp³-hybridized carbons (Fsp3) is 0.500. The van der Waals surface area contributed by atoms with Crippen molar-refractivity contribution < 1.29 is 4.74 Å². The van der Waals surface area contributed by atoms with Crippen LogP contribution in [0.25, 0.3) is 0 Å². The van der Waals surface area contributed by atoms with Gasteiger partial charge in [0.1, 0.15) is 0 Å². The number of hydrogen-bond donors (Lipinski definition) is 1. The Morgan fingerprint density at radius 2 is 2.22 bits per heavy atom. The standard InChI is InChI=1S/C16H20N6O/c1-23-15-5-6-17-16(19-15)18-8-11-9-22(10-11)14-7-12-3-2-4-13(12)20-21-14/h5-7,11H,2-4,8-10H2,1H3,(H,17,18,19). The van der Waals surface area contributed by atoms with E-state index in [9.17, 15) is 0 Å². The molecule has 1 aliphatic carbocycles. The summed E-state index contributed by atoms with van der Waals surface area (Å²) in [7, 11) is 1.60. The highest BCUT2D eigenvalue weighted by molar-refractivity contribution is 5.45. The first kappa shape index (κ1) is 14.2. The average Bonchev–Trinajstić information content (AvgIpc) is 3.01. The fourth-order valence-corrected chi connectivity index (χ4v) is 3.13. The fourth-order valence-electron chi connectivity index (χ4n) is 3.13. The highest BCUT2D eigenvalue weighted by atomic mass is 16.5. The van der Waals surface area contributed by atoms with Gasteiger partial charge in [0.25, 0.3) is 0 Å². The Labute approximate surface area is 135 Å². The Morgan fingerprint density at radius 1 is 1.30 bits per heavy atom. The minimum atomic E-state index is 0.569. The van der Waals surface area contributed by atoms with Gasteiger partial charge in [0.05, 0.1) is 12.8 Å². The van der Waals surface area contributed by atoms with Crippen LogP contribution in [-0.2, 0) is 12.8 Å². The molecule has 0 unspecified atom stereocenters. The molecule has 1 aliphatic heterocycles. The van der Waals surface area contributed by atoms with Gasteiger partial charge >= 0.3 is 0 Å². The zero-order valence-corrected chi connectivity index (χ0v) is 13.2. The molecule has 1 saturated heterocycles. The van der Waals surface area contributed by atoms with Crippen molar-refractivity contribution in [1.29, 1.82) is 0 Å². The molecule has 2 aliphatic rings. The molecule has 120 valence electrons. The largest absolute Gasteiger partial charge is 0.481 e. The van der Waals surface area contributed by atoms with Crippen molar-refractivity contribution in [3.05, 3.63) is 29.6 Å². The van der Waals surface area contributed by atoms with E-state index in [-0.39, 0.29) is 0 Å². The Bertz CT molecular complexity index is 701. The molecule has 7 heteroatoms. The Kier molecular flexibility index (Phi) is 3.69. The summed E-state index contributed by atoms with van der Waals surface area (Å²) < 4.78 is 5.10. The van der Waals surface area contributed by atoms with Gasteiger partial charge in [0.2, 0.25) is 11.8 Å². The Morgan fingerprint density at radius 3 is 3.09 bits per heavy atom. The number of fused-ring (bicyclic) bond motifs is 1. The number of rotatable bonds is 5. The number of methoxy groups -OCH3 is 1. The number of aryl methyl sites for hydroxylation is 2. The first-order valence-corrected chi connectivity index (χ1v) is 8.03. The lowest BCUT2D eigenvalue weighted by atomic mass is 10.00. The molecule has 2 aromatic heterocycles. The van der Waals surface area contributed by atoms with Crippen molar-refractivity contribution in [2.24, 2.45) is 5.92 Å². The molecule has 0 radical (unpaired) electrons. The summed E-state index contributed by atoms with van der Waals surface area (Å²) >= 11 is 0. The third-order valence-electron chi connectivity index (χ3n) is 4.48. The van der Waals surface area contributed by atoms with E-state index in [4.69, 9.17) is 4.74 Å². The van der Waals surface area contributed by atoms with E-state index in [1.165, 1.54) is 17.7 Å². The molecule has 0 amide bonds. The predicted molar refractivity (Wildman–Crippen MR) is 86.8 cm³/mol. The van der Waals surface area contributed by atoms with E-state index >= 15 is 0 Å². The summed E-state index contributed by atoms with van der Waals surface area (Å²) in [6, 6.07) is 3.95. The average molecular weight is 312 g/mol. The second-order valence-electron chi connectivity index (χ2n) is 6.10. The smallest absolute Gasteiger partial charge is 0.225 e. The maximum Gasteiger partial charge on any atom is 0.225 e. The highest BCUT2D eigenvalue weighted by Gasteiger charge is 2.29. The molecule has 0 spiro atoms. The number of nitrogens with one attached hydrogen (secondary N) is 1. The van der Waals surface area contributed by atoms with Crippen LogP contribution in [0.1, 0.15) is 17.7 Å². The van der Waals surface area contributed by atoms with E-state index in [0.29, 0.717) is 17.7 Å². The minimum Gasteiger partial charge on any atom is -0.481 e. The van der Waals surface area contributed by atoms with E-state index in [1.54, 1.807) is 19.4 Å². The Hall–Kier alpha value is -2.44. The minimum absolute atomic E-state index is 0.569. The molecule has 0 saturated carbocycles. The molecule has 0 aromatic carbocycles. The SMILES string of the molecule is COc1ccnc(NCC2CN(c3cc4c(nn3)CCC4)C2)n1. The van der Waals surface area contributed by atoms with Crippen molar-refractivity contribution in [2.75, 3.05) is 37.0 Å². The molecular weight excluding hydrogens is 292 g/mol. The van der Waals surface area contributed by atoms with Crippen molar-refractivity contribution in [1.82, 2.24) is 20.2 Å². The predicted octanol–water partition coefficient (Wildman–Crippen LogP) is 1.31. The molecule has 1 fully saturated rings. The van der Waals surface area contributed by atoms with Gasteiger partial charge in [-0.05, 0) is 30.9 Å². The second kappa shape index (κ2) is 5.98. The molecule has 1 N–H and O–H groups in total. The molecule has 3 heterocycles. The summed E-state index contributed by atoms with van der Waals surface area (Å²) in [4.78, 5) is 10.7. The third-order valence-corrected chi connectivity index (χ3v) is 4.48. The lowest BCUT2D eigenvalue weighted by Crippen LogP contribution is -2.50. The van der Waals surface area contributed by atoms with Gasteiger partial charge in [-0.3, -0.25) is 0 Å². The van der Waals surface area contributed by atoms with Crippen LogP contribution < -0.4 is 15.0 Å². The topological polar surface area (TPSA) is 76.1 Å². The first-order valence-electron chi connectivity index (χ1n) is 8.03. The van der Waals surface area contributed by atoms with Gasteiger partial charge in [0, 0.05) is 37.8 Å². The molecule has 2 aromatic rings. The van der Waals surface area contributed by atoms with E-state index in [0.717, 1.165) is 38.3 Å². The van der Waals surface area contributed by atoms with Gasteiger partial charge in [-0.1, -0.05) is 0 Å². The molecular formula is C16H20N6O. The summed E-state index contributed by atoms with van der Waals surface area (Å²) in [5.41, 5.74) is 2.56. The molecule has 7 nitrogen and oxygen atoms in total. The van der Waals surface area contributed by atoms with Gasteiger partial charge in [0.15, 0.2) is 5.82 Å². The van der Waals surface area contributed by atoms with Crippen LogP contribution in [0.3, 0.4) is 0 Å². The van der Waals surface area contributed by atoms with Gasteiger partial charge in [-0.2, -0.15) is 10.1 Å². The first-order chi connectivity index (χ1) is 11.3. The molecule has 0 bridgehead atoms. The summed E-state index contributed by atoms with van der Waals surface area (Å²) in [5.74, 6) is 2.77. The lowest BCUT2D eigenvalue weighted by Gasteiger charge is -2.40. The van der Waals surface area contributed by atoms with Crippen LogP contribution in [-0.4, -0.2) is 46.9 Å². The normalized spacial score (nSPS) is 16.8. The van der Waals surface area contributed by atoms with Gasteiger partial charge < -0.3 is 15.0 Å². The lowest BCUT2D eigenvalue weighted by molar-refractivity contribution is 0.396. The maximum atomic E-state index is 5.10. The van der Waals surface area contributed by atoms with Crippen molar-refractivity contribution in [3.8, 4) is 5.88 Å². The number of hydrogen-bond acceptors (Lipinski definition) is 7. The van der Waals surface area contributed by atoms with Crippen molar-refractivity contribution in [3.63, 3.8) is 0 Å². The molecule has 4 rings (SSSR count).